The number of fused-ring (bicyclic) bond motifs is 1. The second-order valence-electron chi connectivity index (χ2n) is 8.99. The lowest BCUT2D eigenvalue weighted by Crippen LogP contribution is -2.36. The molecule has 6 heteroatoms. The van der Waals surface area contributed by atoms with E-state index in [1.54, 1.807) is 12.1 Å². The van der Waals surface area contributed by atoms with Crippen LogP contribution >= 0.6 is 23.2 Å². The number of aromatic nitrogens is 2. The minimum Gasteiger partial charge on any atom is -0.461 e. The van der Waals surface area contributed by atoms with Crippen LogP contribution in [0.5, 0.6) is 0 Å². The van der Waals surface area contributed by atoms with Gasteiger partial charge < -0.3 is 9.30 Å². The summed E-state index contributed by atoms with van der Waals surface area (Å²) in [6, 6.07) is 13.2. The maximum atomic E-state index is 13.1. The van der Waals surface area contributed by atoms with Crippen molar-refractivity contribution in [2.45, 2.75) is 52.7 Å². The fourth-order valence-corrected chi connectivity index (χ4v) is 4.97. The largest absolute Gasteiger partial charge is 0.461 e. The van der Waals surface area contributed by atoms with E-state index in [1.165, 1.54) is 6.42 Å². The molecule has 0 amide bonds. The van der Waals surface area contributed by atoms with Gasteiger partial charge >= 0.3 is 5.97 Å². The number of hydrogen-bond acceptors (Lipinski definition) is 3. The molecule has 1 saturated carbocycles. The van der Waals surface area contributed by atoms with Crippen LogP contribution in [0.4, 0.5) is 0 Å². The van der Waals surface area contributed by atoms with Gasteiger partial charge in [0.15, 0.2) is 0 Å². The fraction of sp³-hybridized carbons (Fsp3) is 0.440. The second kappa shape index (κ2) is 9.22. The molecule has 0 spiro atoms. The molecule has 0 aliphatic heterocycles. The molecule has 4 nitrogen and oxygen atoms in total. The normalized spacial score (nSPS) is 21.5. The van der Waals surface area contributed by atoms with Crippen molar-refractivity contribution >= 4 is 40.2 Å². The van der Waals surface area contributed by atoms with Crippen LogP contribution in [0.15, 0.2) is 42.5 Å². The zero-order valence-electron chi connectivity index (χ0n) is 18.1. The summed E-state index contributed by atoms with van der Waals surface area (Å²) in [6.45, 7) is 6.77. The average Bonchev–Trinajstić information content (AvgIpc) is 3.08. The van der Waals surface area contributed by atoms with Crippen molar-refractivity contribution in [3.05, 3.63) is 52.5 Å². The lowest BCUT2D eigenvalue weighted by atomic mass is 9.75. The molecule has 0 N–H and O–H groups in total. The van der Waals surface area contributed by atoms with Gasteiger partial charge in [0.25, 0.3) is 0 Å². The molecule has 1 fully saturated rings. The molecular weight excluding hydrogens is 431 g/mol. The average molecular weight is 459 g/mol. The lowest BCUT2D eigenvalue weighted by molar-refractivity contribution is -0.156. The van der Waals surface area contributed by atoms with Crippen molar-refractivity contribution in [3.8, 4) is 11.4 Å². The van der Waals surface area contributed by atoms with E-state index < -0.39 is 0 Å². The Balaban J connectivity index is 1.64. The van der Waals surface area contributed by atoms with Gasteiger partial charge in [-0.25, -0.2) is 4.98 Å². The monoisotopic (exact) mass is 458 g/mol. The van der Waals surface area contributed by atoms with Crippen LogP contribution in [-0.2, 0) is 16.1 Å². The zero-order chi connectivity index (χ0) is 22.1. The molecule has 1 aliphatic rings. The van der Waals surface area contributed by atoms with Crippen molar-refractivity contribution in [1.29, 1.82) is 0 Å². The maximum absolute atomic E-state index is 13.1. The Kier molecular flexibility index (Phi) is 6.59. The number of benzene rings is 2. The summed E-state index contributed by atoms with van der Waals surface area (Å²) in [5.74, 6) is 1.93. The summed E-state index contributed by atoms with van der Waals surface area (Å²) in [6.07, 6.45) is 3.21. The summed E-state index contributed by atoms with van der Waals surface area (Å²) in [5.41, 5.74) is 2.52. The number of imidazole rings is 1. The summed E-state index contributed by atoms with van der Waals surface area (Å²) in [4.78, 5) is 17.8. The van der Waals surface area contributed by atoms with E-state index in [1.807, 2.05) is 34.9 Å². The molecule has 2 aromatic carbocycles. The van der Waals surface area contributed by atoms with Gasteiger partial charge in [-0.05, 0) is 60.9 Å². The van der Waals surface area contributed by atoms with Crippen molar-refractivity contribution in [2.24, 2.45) is 17.8 Å². The SMILES string of the molecule is CC1CCC(C(C)C)C(OC(=O)Cn2c(-c3ccc(Cl)c(Cl)c3)nc3ccccc32)C1. The third kappa shape index (κ3) is 4.75. The van der Waals surface area contributed by atoms with E-state index in [-0.39, 0.29) is 18.6 Å². The van der Waals surface area contributed by atoms with Crippen LogP contribution in [0, 0.1) is 17.8 Å². The Morgan fingerprint density at radius 3 is 2.68 bits per heavy atom. The van der Waals surface area contributed by atoms with Gasteiger partial charge in [-0.15, -0.1) is 0 Å². The molecule has 31 heavy (non-hydrogen) atoms. The highest BCUT2D eigenvalue weighted by atomic mass is 35.5. The topological polar surface area (TPSA) is 44.1 Å². The number of esters is 1. The van der Waals surface area contributed by atoms with E-state index in [4.69, 9.17) is 32.9 Å². The number of para-hydroxylation sites is 2. The summed E-state index contributed by atoms with van der Waals surface area (Å²) in [7, 11) is 0. The van der Waals surface area contributed by atoms with Crippen molar-refractivity contribution in [2.75, 3.05) is 0 Å². The number of halogens is 2. The Labute approximate surface area is 193 Å². The van der Waals surface area contributed by atoms with Crippen molar-refractivity contribution in [3.63, 3.8) is 0 Å². The summed E-state index contributed by atoms with van der Waals surface area (Å²) in [5, 5.41) is 0.940. The predicted octanol–water partition coefficient (Wildman–Crippen LogP) is 7.01. The van der Waals surface area contributed by atoms with Crippen LogP contribution < -0.4 is 0 Å². The van der Waals surface area contributed by atoms with Crippen LogP contribution in [0.25, 0.3) is 22.4 Å². The van der Waals surface area contributed by atoms with E-state index in [0.29, 0.717) is 33.6 Å². The highest BCUT2D eigenvalue weighted by Crippen LogP contribution is 2.36. The Morgan fingerprint density at radius 2 is 1.94 bits per heavy atom. The van der Waals surface area contributed by atoms with Gasteiger partial charge in [0.1, 0.15) is 18.5 Å². The quantitative estimate of drug-likeness (QED) is 0.386. The number of nitrogens with zero attached hydrogens (tertiary/aromatic N) is 2. The van der Waals surface area contributed by atoms with Crippen molar-refractivity contribution in [1.82, 2.24) is 9.55 Å². The zero-order valence-corrected chi connectivity index (χ0v) is 19.7. The van der Waals surface area contributed by atoms with Gasteiger partial charge in [0.2, 0.25) is 0 Å². The van der Waals surface area contributed by atoms with E-state index >= 15 is 0 Å². The standard InChI is InChI=1S/C25H28Cl2N2O2/c1-15(2)18-10-8-16(3)12-23(18)31-24(30)14-29-22-7-5-4-6-21(22)28-25(29)17-9-11-19(26)20(27)13-17/h4-7,9,11,13,15-16,18,23H,8,10,12,14H2,1-3H3. The van der Waals surface area contributed by atoms with Gasteiger partial charge in [-0.3, -0.25) is 4.79 Å². The maximum Gasteiger partial charge on any atom is 0.326 e. The second-order valence-corrected chi connectivity index (χ2v) is 9.81. The Morgan fingerprint density at radius 1 is 1.16 bits per heavy atom. The summed E-state index contributed by atoms with van der Waals surface area (Å²) < 4.78 is 7.97. The highest BCUT2D eigenvalue weighted by Gasteiger charge is 2.33. The van der Waals surface area contributed by atoms with Gasteiger partial charge in [-0.1, -0.05) is 62.5 Å². The third-order valence-corrected chi connectivity index (χ3v) is 7.10. The van der Waals surface area contributed by atoms with E-state index in [9.17, 15) is 4.79 Å². The smallest absolute Gasteiger partial charge is 0.326 e. The summed E-state index contributed by atoms with van der Waals surface area (Å²) >= 11 is 12.3. The predicted molar refractivity (Wildman–Crippen MR) is 126 cm³/mol. The minimum atomic E-state index is -0.228. The van der Waals surface area contributed by atoms with Gasteiger partial charge in [-0.2, -0.15) is 0 Å². The first kappa shape index (κ1) is 22.2. The first-order chi connectivity index (χ1) is 14.8. The molecule has 0 bridgehead atoms. The molecular formula is C25H28Cl2N2O2. The lowest BCUT2D eigenvalue weighted by Gasteiger charge is -2.36. The van der Waals surface area contributed by atoms with Gasteiger partial charge in [0.05, 0.1) is 21.1 Å². The molecule has 1 aliphatic carbocycles. The molecule has 4 rings (SSSR count). The number of carbonyl (C=O) groups is 1. The van der Waals surface area contributed by atoms with Gasteiger partial charge in [0, 0.05) is 5.56 Å². The minimum absolute atomic E-state index is 0.0283. The first-order valence-electron chi connectivity index (χ1n) is 10.9. The third-order valence-electron chi connectivity index (χ3n) is 6.36. The van der Waals surface area contributed by atoms with Crippen LogP contribution in [-0.4, -0.2) is 21.6 Å². The molecule has 3 atom stereocenters. The van der Waals surface area contributed by atoms with Crippen molar-refractivity contribution < 1.29 is 9.53 Å². The Bertz CT molecular complexity index is 1090. The highest BCUT2D eigenvalue weighted by molar-refractivity contribution is 6.42. The molecule has 3 aromatic rings. The number of carbonyl (C=O) groups excluding carboxylic acids is 1. The number of rotatable bonds is 5. The molecule has 1 heterocycles. The molecule has 164 valence electrons. The van der Waals surface area contributed by atoms with E-state index in [0.717, 1.165) is 29.4 Å². The van der Waals surface area contributed by atoms with Crippen LogP contribution in [0.2, 0.25) is 10.0 Å². The van der Waals surface area contributed by atoms with Crippen LogP contribution in [0.1, 0.15) is 40.0 Å². The van der Waals surface area contributed by atoms with E-state index in [2.05, 4.69) is 20.8 Å². The number of hydrogen-bond donors (Lipinski definition) is 0. The molecule has 0 radical (unpaired) electrons. The molecule has 1 aromatic heterocycles. The number of ether oxygens (including phenoxy) is 1. The first-order valence-corrected chi connectivity index (χ1v) is 11.7. The molecule has 3 unspecified atom stereocenters. The Hall–Kier alpha value is -2.04. The van der Waals surface area contributed by atoms with Crippen LogP contribution in [0.3, 0.4) is 0 Å². The fourth-order valence-electron chi connectivity index (χ4n) is 4.68. The molecule has 0 saturated heterocycles.